The zero-order chi connectivity index (χ0) is 28.8. The normalized spacial score (nSPS) is 12.4. The number of carbonyl (C=O) groups excluding carboxylic acids is 1. The molecule has 8 nitrogen and oxygen atoms in total. The molecule has 1 amide bonds. The van der Waals surface area contributed by atoms with E-state index in [2.05, 4.69) is 5.32 Å². The first-order valence-electron chi connectivity index (χ1n) is 11.8. The maximum Gasteiger partial charge on any atom is 0.416 e. The summed E-state index contributed by atoms with van der Waals surface area (Å²) >= 11 is 0. The van der Waals surface area contributed by atoms with Gasteiger partial charge in [0.05, 0.1) is 36.4 Å². The lowest BCUT2D eigenvalue weighted by atomic mass is 10.2. The van der Waals surface area contributed by atoms with E-state index in [9.17, 15) is 26.4 Å². The zero-order valence-electron chi connectivity index (χ0n) is 21.8. The number of alkyl halides is 3. The molecule has 3 aromatic carbocycles. The maximum absolute atomic E-state index is 13.7. The molecule has 39 heavy (non-hydrogen) atoms. The molecule has 0 aliphatic carbocycles. The van der Waals surface area contributed by atoms with Crippen molar-refractivity contribution in [2.24, 2.45) is 0 Å². The second-order valence-corrected chi connectivity index (χ2v) is 10.5. The number of sulfonamides is 1. The molecule has 3 rings (SSSR count). The molecule has 3 aromatic rings. The van der Waals surface area contributed by atoms with Gasteiger partial charge in [0.15, 0.2) is 11.5 Å². The minimum Gasteiger partial charge on any atom is -0.493 e. The van der Waals surface area contributed by atoms with Gasteiger partial charge in [-0.25, -0.2) is 8.42 Å². The molecule has 0 spiro atoms. The first kappa shape index (κ1) is 29.6. The van der Waals surface area contributed by atoms with Gasteiger partial charge in [0, 0.05) is 6.07 Å². The number of hydrogen-bond acceptors (Lipinski definition) is 6. The van der Waals surface area contributed by atoms with Crippen LogP contribution in [0.2, 0.25) is 0 Å². The molecule has 0 saturated carbocycles. The Morgan fingerprint density at radius 1 is 0.974 bits per heavy atom. The number of nitrogens with zero attached hydrogens (tertiary/aromatic N) is 1. The van der Waals surface area contributed by atoms with Gasteiger partial charge in [-0.2, -0.15) is 13.2 Å². The molecule has 1 unspecified atom stereocenters. The van der Waals surface area contributed by atoms with Gasteiger partial charge in [0.25, 0.3) is 10.0 Å². The number of benzene rings is 3. The predicted octanol–water partition coefficient (Wildman–Crippen LogP) is 4.81. The summed E-state index contributed by atoms with van der Waals surface area (Å²) in [6, 6.07) is 14.2. The van der Waals surface area contributed by atoms with E-state index in [0.29, 0.717) is 16.1 Å². The summed E-state index contributed by atoms with van der Waals surface area (Å²) in [5.74, 6) is 0.191. The zero-order valence-corrected chi connectivity index (χ0v) is 22.6. The van der Waals surface area contributed by atoms with Gasteiger partial charge in [-0.1, -0.05) is 23.8 Å². The predicted molar refractivity (Wildman–Crippen MR) is 140 cm³/mol. The van der Waals surface area contributed by atoms with Gasteiger partial charge in [0.2, 0.25) is 5.91 Å². The summed E-state index contributed by atoms with van der Waals surface area (Å²) < 4.78 is 84.2. The molecule has 1 atom stereocenters. The fraction of sp³-hybridized carbons (Fsp3) is 0.296. The van der Waals surface area contributed by atoms with Crippen LogP contribution < -0.4 is 23.8 Å². The van der Waals surface area contributed by atoms with Crippen molar-refractivity contribution >= 4 is 21.6 Å². The van der Waals surface area contributed by atoms with E-state index in [4.69, 9.17) is 14.2 Å². The molecular weight excluding hydrogens is 537 g/mol. The fourth-order valence-corrected chi connectivity index (χ4v) is 5.03. The molecule has 0 fully saturated rings. The highest BCUT2D eigenvalue weighted by molar-refractivity contribution is 7.92. The second kappa shape index (κ2) is 12.3. The van der Waals surface area contributed by atoms with Crippen molar-refractivity contribution in [1.29, 1.82) is 0 Å². The number of carbonyl (C=O) groups is 1. The molecule has 0 aromatic heterocycles. The second-order valence-electron chi connectivity index (χ2n) is 8.67. The molecule has 210 valence electrons. The Morgan fingerprint density at radius 2 is 1.64 bits per heavy atom. The first-order chi connectivity index (χ1) is 18.3. The Labute approximate surface area is 225 Å². The van der Waals surface area contributed by atoms with Crippen molar-refractivity contribution in [3.63, 3.8) is 0 Å². The lowest BCUT2D eigenvalue weighted by Gasteiger charge is -2.26. The Balaban J connectivity index is 1.89. The third kappa shape index (κ3) is 7.56. The van der Waals surface area contributed by atoms with E-state index in [1.807, 2.05) is 19.1 Å². The van der Waals surface area contributed by atoms with Gasteiger partial charge < -0.3 is 19.5 Å². The van der Waals surface area contributed by atoms with Crippen LogP contribution in [0.3, 0.4) is 0 Å². The number of ether oxygens (including phenoxy) is 3. The van der Waals surface area contributed by atoms with Crippen molar-refractivity contribution in [3.8, 4) is 17.2 Å². The van der Waals surface area contributed by atoms with Gasteiger partial charge in [-0.15, -0.1) is 0 Å². The van der Waals surface area contributed by atoms with E-state index >= 15 is 0 Å². The number of anilines is 1. The average Bonchev–Trinajstić information content (AvgIpc) is 2.90. The lowest BCUT2D eigenvalue weighted by Crippen LogP contribution is -2.45. The molecule has 0 bridgehead atoms. The summed E-state index contributed by atoms with van der Waals surface area (Å²) in [6.07, 6.45) is -4.72. The van der Waals surface area contributed by atoms with Crippen LogP contribution in [0.1, 0.15) is 18.1 Å². The fourth-order valence-electron chi connectivity index (χ4n) is 3.60. The van der Waals surface area contributed by atoms with Gasteiger partial charge in [-0.05, 0) is 56.3 Å². The van der Waals surface area contributed by atoms with Gasteiger partial charge in [-0.3, -0.25) is 9.10 Å². The minimum absolute atomic E-state index is 0.0841. The van der Waals surface area contributed by atoms with E-state index in [-0.39, 0.29) is 28.7 Å². The highest BCUT2D eigenvalue weighted by Gasteiger charge is 2.33. The highest BCUT2D eigenvalue weighted by atomic mass is 32.2. The monoisotopic (exact) mass is 566 g/mol. The van der Waals surface area contributed by atoms with Gasteiger partial charge >= 0.3 is 6.18 Å². The van der Waals surface area contributed by atoms with Crippen molar-refractivity contribution in [2.75, 3.05) is 31.7 Å². The van der Waals surface area contributed by atoms with Crippen molar-refractivity contribution in [2.45, 2.75) is 31.0 Å². The highest BCUT2D eigenvalue weighted by Crippen LogP contribution is 2.35. The molecule has 12 heteroatoms. The molecule has 0 aliphatic rings. The maximum atomic E-state index is 13.7. The van der Waals surface area contributed by atoms with Crippen LogP contribution in [-0.4, -0.2) is 47.7 Å². The number of nitrogens with one attached hydrogen (secondary N) is 1. The quantitative estimate of drug-likeness (QED) is 0.358. The number of methoxy groups -OCH3 is 2. The lowest BCUT2D eigenvalue weighted by molar-refractivity contribution is -0.137. The Kier molecular flexibility index (Phi) is 9.33. The van der Waals surface area contributed by atoms with E-state index in [1.165, 1.54) is 38.5 Å². The SMILES string of the molecule is COc1ccc(S(=O)(=O)N(CC(=O)NC(C)COc2ccc(C)cc2)c2cccc(C(F)(F)F)c2)cc1OC. The smallest absolute Gasteiger partial charge is 0.416 e. The number of amides is 1. The Hall–Kier alpha value is -3.93. The van der Waals surface area contributed by atoms with Gasteiger partial charge in [0.1, 0.15) is 18.9 Å². The van der Waals surface area contributed by atoms with E-state index < -0.39 is 40.3 Å². The summed E-state index contributed by atoms with van der Waals surface area (Å²) in [5, 5.41) is 2.63. The number of rotatable bonds is 11. The van der Waals surface area contributed by atoms with Crippen LogP contribution >= 0.6 is 0 Å². The minimum atomic E-state index is -4.72. The summed E-state index contributed by atoms with van der Waals surface area (Å²) in [5.41, 5.74) is -0.347. The summed E-state index contributed by atoms with van der Waals surface area (Å²) in [6.45, 7) is 2.88. The molecule has 0 radical (unpaired) electrons. The molecule has 0 saturated heterocycles. The molecule has 0 aliphatic heterocycles. The van der Waals surface area contributed by atoms with Crippen LogP contribution in [0.5, 0.6) is 17.2 Å². The third-order valence-electron chi connectivity index (χ3n) is 5.62. The van der Waals surface area contributed by atoms with Crippen molar-refractivity contribution < 1.29 is 40.6 Å². The van der Waals surface area contributed by atoms with Crippen LogP contribution in [0.25, 0.3) is 0 Å². The summed E-state index contributed by atoms with van der Waals surface area (Å²) in [4.78, 5) is 12.6. The summed E-state index contributed by atoms with van der Waals surface area (Å²) in [7, 11) is -1.84. The molecule has 0 heterocycles. The van der Waals surface area contributed by atoms with E-state index in [1.54, 1.807) is 19.1 Å². The largest absolute Gasteiger partial charge is 0.493 e. The molecule has 1 N–H and O–H groups in total. The van der Waals surface area contributed by atoms with Crippen LogP contribution in [0, 0.1) is 6.92 Å². The Morgan fingerprint density at radius 3 is 2.26 bits per heavy atom. The van der Waals surface area contributed by atoms with Crippen molar-refractivity contribution in [1.82, 2.24) is 5.32 Å². The van der Waals surface area contributed by atoms with E-state index in [0.717, 1.165) is 17.7 Å². The van der Waals surface area contributed by atoms with Crippen LogP contribution in [0.15, 0.2) is 71.6 Å². The average molecular weight is 567 g/mol. The number of hydrogen-bond donors (Lipinski definition) is 1. The Bertz CT molecular complexity index is 1400. The van der Waals surface area contributed by atoms with Crippen molar-refractivity contribution in [3.05, 3.63) is 77.9 Å². The number of aryl methyl sites for hydroxylation is 1. The van der Waals surface area contributed by atoms with Crippen LogP contribution in [0.4, 0.5) is 18.9 Å². The first-order valence-corrected chi connectivity index (χ1v) is 13.2. The topological polar surface area (TPSA) is 94.2 Å². The standard InChI is InChI=1S/C27H29F3N2O6S/c1-18-8-10-22(11-9-18)38-17-19(2)31-26(33)16-32(21-7-5-6-20(14-21)27(28,29)30)39(34,35)23-12-13-24(36-3)25(15-23)37-4/h5-15,19H,16-17H2,1-4H3,(H,31,33). The molecular formula is C27H29F3N2O6S. The number of halogens is 3. The van der Waals surface area contributed by atoms with Crippen LogP contribution in [-0.2, 0) is 21.0 Å². The third-order valence-corrected chi connectivity index (χ3v) is 7.39.